The number of benzene rings is 2. The minimum Gasteiger partial charge on any atom is -0.481 e. The fourth-order valence-corrected chi connectivity index (χ4v) is 7.36. The van der Waals surface area contributed by atoms with Gasteiger partial charge in [-0.2, -0.15) is 0 Å². The van der Waals surface area contributed by atoms with E-state index in [9.17, 15) is 14.4 Å². The summed E-state index contributed by atoms with van der Waals surface area (Å²) in [5.74, 6) is -0.304. The van der Waals surface area contributed by atoms with Crippen molar-refractivity contribution in [3.05, 3.63) is 104 Å². The molecule has 2 amide bonds. The lowest BCUT2D eigenvalue weighted by molar-refractivity contribution is -0.120. The second kappa shape index (κ2) is 15.4. The molecule has 2 aromatic carbocycles. The molecule has 2 aliphatic rings. The molecule has 7 rings (SSSR count). The van der Waals surface area contributed by atoms with Crippen LogP contribution < -0.4 is 31.6 Å². The quantitative estimate of drug-likeness (QED) is 0.136. The van der Waals surface area contributed by atoms with Gasteiger partial charge in [-0.3, -0.25) is 18.8 Å². The van der Waals surface area contributed by atoms with Gasteiger partial charge in [0.1, 0.15) is 11.5 Å². The van der Waals surface area contributed by atoms with Crippen molar-refractivity contribution in [3.8, 4) is 39.4 Å². The van der Waals surface area contributed by atoms with Crippen LogP contribution in [0.25, 0.3) is 39.2 Å². The molecule has 52 heavy (non-hydrogen) atoms. The van der Waals surface area contributed by atoms with Crippen LogP contribution in [0, 0.1) is 5.82 Å². The number of carbonyl (C=O) groups excluding carboxylic acids is 2. The first kappa shape index (κ1) is 35.5. The summed E-state index contributed by atoms with van der Waals surface area (Å²) in [5.41, 5.74) is 4.60. The first-order valence-electron chi connectivity index (χ1n) is 17.0. The summed E-state index contributed by atoms with van der Waals surface area (Å²) in [5, 5.41) is 13.0. The van der Waals surface area contributed by atoms with Crippen molar-refractivity contribution >= 4 is 40.7 Å². The van der Waals surface area contributed by atoms with Crippen LogP contribution in [0.15, 0.2) is 71.8 Å². The molecule has 0 saturated carbocycles. The molecule has 3 aromatic heterocycles. The van der Waals surface area contributed by atoms with Crippen molar-refractivity contribution in [1.82, 2.24) is 35.6 Å². The largest absolute Gasteiger partial charge is 0.481 e. The van der Waals surface area contributed by atoms with Gasteiger partial charge in [-0.15, -0.1) is 0 Å². The third kappa shape index (κ3) is 7.38. The number of carbonyl (C=O) groups is 2. The topological polar surface area (TPSA) is 139 Å². The number of halogens is 3. The number of hydrogen-bond acceptors (Lipinski definition) is 8. The Balaban J connectivity index is 1.12. The summed E-state index contributed by atoms with van der Waals surface area (Å²) in [4.78, 5) is 45.4. The molecule has 268 valence electrons. The summed E-state index contributed by atoms with van der Waals surface area (Å²) in [6, 6.07) is 16.0. The van der Waals surface area contributed by atoms with E-state index < -0.39 is 5.82 Å². The predicted molar refractivity (Wildman–Crippen MR) is 198 cm³/mol. The number of hydrogen-bond donors (Lipinski definition) is 4. The Morgan fingerprint density at radius 3 is 2.12 bits per heavy atom. The molecule has 2 atom stereocenters. The van der Waals surface area contributed by atoms with Crippen LogP contribution in [-0.2, 0) is 22.7 Å². The number of methoxy groups -OCH3 is 1. The lowest BCUT2D eigenvalue weighted by Gasteiger charge is -2.16. The maximum atomic E-state index is 15.6. The summed E-state index contributed by atoms with van der Waals surface area (Å²) in [7, 11) is 1.44. The second-order valence-electron chi connectivity index (χ2n) is 12.9. The van der Waals surface area contributed by atoms with Gasteiger partial charge in [0.05, 0.1) is 28.4 Å². The molecule has 2 saturated heterocycles. The first-order chi connectivity index (χ1) is 25.2. The number of amides is 2. The average Bonchev–Trinajstić information content (AvgIpc) is 3.76. The molecule has 0 bridgehead atoms. The molecular formula is C38H36Cl2FN7O4. The fourth-order valence-electron chi connectivity index (χ4n) is 6.70. The molecule has 2 aliphatic heterocycles. The molecule has 0 spiro atoms. The van der Waals surface area contributed by atoms with Crippen LogP contribution in [0.2, 0.25) is 10.0 Å². The zero-order chi connectivity index (χ0) is 36.4. The molecule has 0 radical (unpaired) electrons. The van der Waals surface area contributed by atoms with Crippen LogP contribution in [-0.4, -0.2) is 58.5 Å². The maximum Gasteiger partial charge on any atom is 0.262 e. The van der Waals surface area contributed by atoms with Gasteiger partial charge in [0, 0.05) is 97.4 Å². The van der Waals surface area contributed by atoms with E-state index in [4.69, 9.17) is 27.9 Å². The summed E-state index contributed by atoms with van der Waals surface area (Å²) in [6.07, 6.45) is 5.76. The monoisotopic (exact) mass is 743 g/mol. The molecule has 0 aliphatic carbocycles. The Hall–Kier alpha value is -4.88. The molecule has 11 nitrogen and oxygen atoms in total. The minimum absolute atomic E-state index is 0.00389. The van der Waals surface area contributed by atoms with Crippen LogP contribution in [0.5, 0.6) is 5.88 Å². The van der Waals surface area contributed by atoms with E-state index in [-0.39, 0.29) is 47.4 Å². The van der Waals surface area contributed by atoms with Gasteiger partial charge in [-0.25, -0.2) is 14.4 Å². The van der Waals surface area contributed by atoms with Crippen LogP contribution in [0.3, 0.4) is 0 Å². The smallest absolute Gasteiger partial charge is 0.262 e. The van der Waals surface area contributed by atoms with Crippen molar-refractivity contribution in [3.63, 3.8) is 0 Å². The van der Waals surface area contributed by atoms with Gasteiger partial charge < -0.3 is 26.0 Å². The molecule has 5 heterocycles. The summed E-state index contributed by atoms with van der Waals surface area (Å²) >= 11 is 14.1. The highest BCUT2D eigenvalue weighted by Crippen LogP contribution is 2.42. The molecule has 2 fully saturated rings. The maximum absolute atomic E-state index is 15.6. The van der Waals surface area contributed by atoms with Crippen LogP contribution in [0.4, 0.5) is 4.39 Å². The van der Waals surface area contributed by atoms with Crippen molar-refractivity contribution in [2.45, 2.75) is 50.9 Å². The second-order valence-corrected chi connectivity index (χ2v) is 13.7. The van der Waals surface area contributed by atoms with Gasteiger partial charge in [-0.1, -0.05) is 59.6 Å². The number of pyridine rings is 2. The highest BCUT2D eigenvalue weighted by atomic mass is 35.5. The number of aromatic nitrogens is 3. The SMILES string of the molecule is COc1nc(-c2cccc(-c3cccc(-c4ccn5c(=O)c(CNCC6CCC(=O)N6)cnc5c4)c3Cl)c2Cl)cc(F)c1CNCC1CCC(=O)N1. The highest BCUT2D eigenvalue weighted by Gasteiger charge is 2.23. The van der Waals surface area contributed by atoms with E-state index in [1.54, 1.807) is 30.6 Å². The molecular weight excluding hydrogens is 708 g/mol. The fraction of sp³-hybridized carbons (Fsp3) is 0.289. The predicted octanol–water partition coefficient (Wildman–Crippen LogP) is 5.28. The van der Waals surface area contributed by atoms with E-state index in [1.807, 2.05) is 30.3 Å². The van der Waals surface area contributed by atoms with Crippen molar-refractivity contribution < 1.29 is 18.7 Å². The molecule has 5 aromatic rings. The van der Waals surface area contributed by atoms with E-state index >= 15 is 4.39 Å². The van der Waals surface area contributed by atoms with Gasteiger partial charge in [0.25, 0.3) is 5.56 Å². The summed E-state index contributed by atoms with van der Waals surface area (Å²) < 4.78 is 22.5. The normalized spacial score (nSPS) is 17.1. The van der Waals surface area contributed by atoms with E-state index in [0.29, 0.717) is 81.7 Å². The van der Waals surface area contributed by atoms with Crippen LogP contribution >= 0.6 is 23.2 Å². The van der Waals surface area contributed by atoms with E-state index in [1.165, 1.54) is 17.6 Å². The van der Waals surface area contributed by atoms with Crippen molar-refractivity contribution in [1.29, 1.82) is 0 Å². The van der Waals surface area contributed by atoms with E-state index in [0.717, 1.165) is 18.4 Å². The Morgan fingerprint density at radius 1 is 0.865 bits per heavy atom. The highest BCUT2D eigenvalue weighted by molar-refractivity contribution is 6.39. The van der Waals surface area contributed by atoms with Gasteiger partial charge in [0.15, 0.2) is 0 Å². The third-order valence-electron chi connectivity index (χ3n) is 9.45. The number of nitrogens with zero attached hydrogens (tertiary/aromatic N) is 3. The Bertz CT molecular complexity index is 2250. The molecule has 14 heteroatoms. The number of fused-ring (bicyclic) bond motifs is 1. The number of rotatable bonds is 12. The van der Waals surface area contributed by atoms with Gasteiger partial charge in [0.2, 0.25) is 17.7 Å². The zero-order valence-electron chi connectivity index (χ0n) is 28.3. The molecule has 2 unspecified atom stereocenters. The van der Waals surface area contributed by atoms with Gasteiger partial charge in [-0.05, 0) is 30.5 Å². The standard InChI is InChI=1S/C38H36Cl2FN7O4/c1-52-37-29(20-43-19-24-9-11-34(50)46-24)30(41)15-31(47-37)28-7-3-6-27(36(28)40)26-5-2-4-25(35(26)39)21-12-13-48-32(14-21)44-17-22(38(48)51)16-42-18-23-8-10-33(49)45-23/h2-7,12-15,17,23-24,42-43H,8-11,16,18-20H2,1H3,(H,45,49)(H,46,50). The third-order valence-corrected chi connectivity index (χ3v) is 10.3. The Morgan fingerprint density at radius 2 is 1.48 bits per heavy atom. The van der Waals surface area contributed by atoms with Crippen molar-refractivity contribution in [2.75, 3.05) is 20.2 Å². The van der Waals surface area contributed by atoms with E-state index in [2.05, 4.69) is 31.2 Å². The van der Waals surface area contributed by atoms with Gasteiger partial charge >= 0.3 is 0 Å². The lowest BCUT2D eigenvalue weighted by Crippen LogP contribution is -2.36. The van der Waals surface area contributed by atoms with Crippen molar-refractivity contribution in [2.24, 2.45) is 0 Å². The minimum atomic E-state index is -0.502. The number of nitrogens with one attached hydrogen (secondary N) is 4. The summed E-state index contributed by atoms with van der Waals surface area (Å²) in [6.45, 7) is 1.57. The lowest BCUT2D eigenvalue weighted by atomic mass is 9.97. The van der Waals surface area contributed by atoms with Crippen LogP contribution in [0.1, 0.15) is 36.8 Å². The number of ether oxygens (including phenoxy) is 1. The average molecular weight is 745 g/mol. The zero-order valence-corrected chi connectivity index (χ0v) is 29.8. The first-order valence-corrected chi connectivity index (χ1v) is 17.8. The Labute approximate surface area is 308 Å². The molecule has 4 N–H and O–H groups in total. The Kier molecular flexibility index (Phi) is 10.5.